The zero-order valence-electron chi connectivity index (χ0n) is 13.6. The number of thioether (sulfide) groups is 2. The molecule has 4 nitrogen and oxygen atoms in total. The van der Waals surface area contributed by atoms with Crippen molar-refractivity contribution in [2.24, 2.45) is 10.9 Å². The molecule has 0 radical (unpaired) electrons. The van der Waals surface area contributed by atoms with Gasteiger partial charge in [0, 0.05) is 5.75 Å². The van der Waals surface area contributed by atoms with Crippen molar-refractivity contribution in [3.8, 4) is 0 Å². The summed E-state index contributed by atoms with van der Waals surface area (Å²) in [6.07, 6.45) is 2.35. The Labute approximate surface area is 154 Å². The molecule has 0 fully saturated rings. The van der Waals surface area contributed by atoms with E-state index in [0.29, 0.717) is 22.2 Å². The third-order valence-electron chi connectivity index (χ3n) is 3.93. The first-order valence-electron chi connectivity index (χ1n) is 7.94. The first-order valence-corrected chi connectivity index (χ1v) is 9.74. The van der Waals surface area contributed by atoms with E-state index in [1.165, 1.54) is 11.8 Å². The van der Waals surface area contributed by atoms with E-state index in [1.54, 1.807) is 6.08 Å². The van der Waals surface area contributed by atoms with E-state index in [9.17, 15) is 9.59 Å². The van der Waals surface area contributed by atoms with Gasteiger partial charge in [-0.3, -0.25) is 9.59 Å². The summed E-state index contributed by atoms with van der Waals surface area (Å²) in [5.41, 5.74) is 1.33. The molecule has 0 bridgehead atoms. The Morgan fingerprint density at radius 2 is 2.04 bits per heavy atom. The molecule has 3 rings (SSSR count). The number of rotatable bonds is 5. The molecule has 2 aromatic carbocycles. The molecule has 128 valence electrons. The maximum absolute atomic E-state index is 12.2. The average molecular weight is 371 g/mol. The molecular weight excluding hydrogens is 354 g/mol. The largest absolute Gasteiger partial charge is 0.481 e. The maximum atomic E-state index is 12.2. The number of fused-ring (bicyclic) bond motifs is 1. The number of benzene rings is 2. The van der Waals surface area contributed by atoms with Crippen LogP contribution in [0, 0.1) is 5.92 Å². The van der Waals surface area contributed by atoms with E-state index in [-0.39, 0.29) is 5.12 Å². The van der Waals surface area contributed by atoms with Crippen LogP contribution < -0.4 is 0 Å². The Balaban J connectivity index is 1.76. The zero-order chi connectivity index (χ0) is 17.8. The van der Waals surface area contributed by atoms with Crippen molar-refractivity contribution in [1.82, 2.24) is 0 Å². The number of hydrogen-bond acceptors (Lipinski definition) is 5. The van der Waals surface area contributed by atoms with Crippen LogP contribution >= 0.6 is 23.5 Å². The number of carbonyl (C=O) groups excluding carboxylic acids is 1. The molecule has 0 aliphatic carbocycles. The smallest absolute Gasteiger partial charge is 0.307 e. The van der Waals surface area contributed by atoms with Gasteiger partial charge in [0.1, 0.15) is 10.1 Å². The Morgan fingerprint density at radius 1 is 1.28 bits per heavy atom. The fourth-order valence-electron chi connectivity index (χ4n) is 2.44. The van der Waals surface area contributed by atoms with Crippen LogP contribution in [0.4, 0.5) is 0 Å². The molecular formula is C19H17NO3S2. The molecule has 1 heterocycles. The number of carboxylic acids is 1. The average Bonchev–Trinajstić information content (AvgIpc) is 2.94. The fourth-order valence-corrected chi connectivity index (χ4v) is 4.51. The van der Waals surface area contributed by atoms with Gasteiger partial charge in [-0.15, -0.1) is 0 Å². The van der Waals surface area contributed by atoms with E-state index in [1.807, 2.05) is 49.4 Å². The van der Waals surface area contributed by atoms with Crippen LogP contribution in [0.25, 0.3) is 16.8 Å². The summed E-state index contributed by atoms with van der Waals surface area (Å²) in [4.78, 5) is 27.6. The van der Waals surface area contributed by atoms with Crippen molar-refractivity contribution in [3.63, 3.8) is 0 Å². The quantitative estimate of drug-likeness (QED) is 0.775. The number of aliphatic carboxylic acids is 1. The van der Waals surface area contributed by atoms with E-state index in [2.05, 4.69) is 4.99 Å². The van der Waals surface area contributed by atoms with Gasteiger partial charge in [-0.05, 0) is 46.7 Å². The standard InChI is InChI=1S/C19H17NO3S2/c1-2-13(17(21)22)11-24-19-20-16(18(23)25-19)10-12-7-8-14-5-3-4-6-15(14)9-12/h3-10,13H,2,11H2,1H3,(H,21,22). The van der Waals surface area contributed by atoms with Crippen molar-refractivity contribution in [2.45, 2.75) is 13.3 Å². The maximum Gasteiger partial charge on any atom is 0.307 e. The molecule has 25 heavy (non-hydrogen) atoms. The van der Waals surface area contributed by atoms with Gasteiger partial charge in [0.05, 0.1) is 5.92 Å². The number of carbonyl (C=O) groups is 2. The van der Waals surface area contributed by atoms with Gasteiger partial charge in [-0.25, -0.2) is 4.99 Å². The number of carboxylic acid groups (broad SMARTS) is 1. The summed E-state index contributed by atoms with van der Waals surface area (Å²) in [5.74, 6) is -0.803. The van der Waals surface area contributed by atoms with Crippen molar-refractivity contribution in [2.75, 3.05) is 5.75 Å². The minimum Gasteiger partial charge on any atom is -0.481 e. The normalized spacial score (nSPS) is 17.1. The SMILES string of the molecule is CCC(CSC1=NC(=Cc2ccc3ccccc3c2)C(=O)S1)C(=O)O. The van der Waals surface area contributed by atoms with Crippen molar-refractivity contribution < 1.29 is 14.7 Å². The van der Waals surface area contributed by atoms with Gasteiger partial charge in [0.25, 0.3) is 0 Å². The highest BCUT2D eigenvalue weighted by Crippen LogP contribution is 2.32. The summed E-state index contributed by atoms with van der Waals surface area (Å²) in [7, 11) is 0. The van der Waals surface area contributed by atoms with Crippen LogP contribution in [0.5, 0.6) is 0 Å². The van der Waals surface area contributed by atoms with Crippen molar-refractivity contribution in [1.29, 1.82) is 0 Å². The Bertz CT molecular complexity index is 889. The highest BCUT2D eigenvalue weighted by atomic mass is 32.2. The highest BCUT2D eigenvalue weighted by Gasteiger charge is 2.24. The lowest BCUT2D eigenvalue weighted by Crippen LogP contribution is -2.15. The Morgan fingerprint density at radius 3 is 2.76 bits per heavy atom. The molecule has 6 heteroatoms. The number of nitrogens with zero attached hydrogens (tertiary/aromatic N) is 1. The Kier molecular flexibility index (Phi) is 5.60. The van der Waals surface area contributed by atoms with Gasteiger partial charge in [0.15, 0.2) is 0 Å². The summed E-state index contributed by atoms with van der Waals surface area (Å²) >= 11 is 2.41. The first kappa shape index (κ1) is 17.8. The zero-order valence-corrected chi connectivity index (χ0v) is 15.3. The summed E-state index contributed by atoms with van der Waals surface area (Å²) in [6, 6.07) is 14.1. The lowest BCUT2D eigenvalue weighted by atomic mass is 10.1. The third-order valence-corrected chi connectivity index (χ3v) is 6.10. The first-order chi connectivity index (χ1) is 12.1. The predicted octanol–water partition coefficient (Wildman–Crippen LogP) is 4.65. The molecule has 1 atom stereocenters. The van der Waals surface area contributed by atoms with Gasteiger partial charge >= 0.3 is 5.97 Å². The third kappa shape index (κ3) is 4.32. The fraction of sp³-hybridized carbons (Fsp3) is 0.211. The van der Waals surface area contributed by atoms with Crippen LogP contribution in [-0.2, 0) is 9.59 Å². The molecule has 0 saturated heterocycles. The molecule has 0 saturated carbocycles. The highest BCUT2D eigenvalue weighted by molar-refractivity contribution is 8.45. The van der Waals surface area contributed by atoms with Crippen LogP contribution in [-0.4, -0.2) is 26.3 Å². The predicted molar refractivity (Wildman–Crippen MR) is 106 cm³/mol. The van der Waals surface area contributed by atoms with Gasteiger partial charge in [0.2, 0.25) is 5.12 Å². The monoisotopic (exact) mass is 371 g/mol. The summed E-state index contributed by atoms with van der Waals surface area (Å²) in [6.45, 7) is 1.85. The second kappa shape index (κ2) is 7.89. The molecule has 0 amide bonds. The van der Waals surface area contributed by atoms with E-state index >= 15 is 0 Å². The number of aliphatic imine (C=N–C) groups is 1. The van der Waals surface area contributed by atoms with Crippen LogP contribution in [0.3, 0.4) is 0 Å². The van der Waals surface area contributed by atoms with E-state index in [0.717, 1.165) is 28.1 Å². The summed E-state index contributed by atoms with van der Waals surface area (Å²) < 4.78 is 0.622. The van der Waals surface area contributed by atoms with Crippen LogP contribution in [0.15, 0.2) is 53.2 Å². The minimum absolute atomic E-state index is 0.0981. The lowest BCUT2D eigenvalue weighted by molar-refractivity contribution is -0.140. The molecule has 0 aromatic heterocycles. The second-order valence-electron chi connectivity index (χ2n) is 5.66. The van der Waals surface area contributed by atoms with Crippen LogP contribution in [0.1, 0.15) is 18.9 Å². The van der Waals surface area contributed by atoms with Gasteiger partial charge < -0.3 is 5.11 Å². The molecule has 1 unspecified atom stereocenters. The molecule has 1 aliphatic heterocycles. The molecule has 0 spiro atoms. The Hall–Kier alpha value is -2.05. The minimum atomic E-state index is -0.808. The molecule has 2 aromatic rings. The van der Waals surface area contributed by atoms with E-state index in [4.69, 9.17) is 5.11 Å². The van der Waals surface area contributed by atoms with Crippen molar-refractivity contribution in [3.05, 3.63) is 53.7 Å². The van der Waals surface area contributed by atoms with Crippen LogP contribution in [0.2, 0.25) is 0 Å². The lowest BCUT2D eigenvalue weighted by Gasteiger charge is -2.07. The number of hydrogen-bond donors (Lipinski definition) is 1. The van der Waals surface area contributed by atoms with Crippen molar-refractivity contribution >= 4 is 55.8 Å². The van der Waals surface area contributed by atoms with E-state index < -0.39 is 11.9 Å². The van der Waals surface area contributed by atoms with Gasteiger partial charge in [-0.2, -0.15) is 0 Å². The molecule has 1 aliphatic rings. The second-order valence-corrected chi connectivity index (χ2v) is 7.89. The summed E-state index contributed by atoms with van der Waals surface area (Å²) in [5, 5.41) is 11.3. The topological polar surface area (TPSA) is 66.7 Å². The van der Waals surface area contributed by atoms with Gasteiger partial charge in [-0.1, -0.05) is 55.1 Å². The molecule has 1 N–H and O–H groups in total.